The Balaban J connectivity index is 0.00000225. The van der Waals surface area contributed by atoms with Crippen molar-refractivity contribution in [3.05, 3.63) is 33.8 Å². The van der Waals surface area contributed by atoms with Crippen LogP contribution in [0.1, 0.15) is 31.2 Å². The number of amides is 1. The molecular weight excluding hydrogens is 381 g/mol. The fourth-order valence-corrected chi connectivity index (χ4v) is 3.88. The minimum atomic E-state index is -0.413. The smallest absolute Gasteiger partial charge is 0.230 e. The van der Waals surface area contributed by atoms with Gasteiger partial charge in [0.15, 0.2) is 0 Å². The molecule has 0 bridgehead atoms. The highest BCUT2D eigenvalue weighted by molar-refractivity contribution is 6.42. The summed E-state index contributed by atoms with van der Waals surface area (Å²) in [6.07, 6.45) is 3.83. The van der Waals surface area contributed by atoms with E-state index in [0.717, 1.165) is 70.5 Å². The molecule has 2 N–H and O–H groups in total. The molecule has 1 amide bonds. The molecule has 3 rings (SSSR count). The van der Waals surface area contributed by atoms with E-state index in [2.05, 4.69) is 15.5 Å². The molecule has 0 atom stereocenters. The molecule has 0 aromatic heterocycles. The van der Waals surface area contributed by atoms with Crippen molar-refractivity contribution in [3.63, 3.8) is 0 Å². The zero-order chi connectivity index (χ0) is 17.0. The van der Waals surface area contributed by atoms with E-state index < -0.39 is 5.41 Å². The third-order valence-electron chi connectivity index (χ3n) is 5.26. The number of piperazine rings is 1. The third-order valence-corrected chi connectivity index (χ3v) is 6.00. The van der Waals surface area contributed by atoms with Crippen LogP contribution in [0.5, 0.6) is 0 Å². The fourth-order valence-electron chi connectivity index (χ4n) is 3.58. The second-order valence-electron chi connectivity index (χ2n) is 6.77. The van der Waals surface area contributed by atoms with E-state index in [9.17, 15) is 4.79 Å². The molecule has 7 heteroatoms. The van der Waals surface area contributed by atoms with Crippen LogP contribution in [0.15, 0.2) is 18.2 Å². The van der Waals surface area contributed by atoms with E-state index in [1.165, 1.54) is 0 Å². The van der Waals surface area contributed by atoms with Crippen molar-refractivity contribution in [2.24, 2.45) is 0 Å². The summed E-state index contributed by atoms with van der Waals surface area (Å²) in [5.74, 6) is 0.132. The Morgan fingerprint density at radius 2 is 1.92 bits per heavy atom. The van der Waals surface area contributed by atoms with Crippen LogP contribution in [-0.4, -0.2) is 50.1 Å². The van der Waals surface area contributed by atoms with Crippen LogP contribution in [0, 0.1) is 0 Å². The van der Waals surface area contributed by atoms with Gasteiger partial charge < -0.3 is 15.5 Å². The number of rotatable bonds is 6. The first-order valence-electron chi connectivity index (χ1n) is 8.79. The minimum absolute atomic E-state index is 0. The van der Waals surface area contributed by atoms with Crippen LogP contribution in [0.25, 0.3) is 0 Å². The lowest BCUT2D eigenvalue weighted by atomic mass is 9.64. The van der Waals surface area contributed by atoms with Crippen molar-refractivity contribution >= 4 is 41.5 Å². The van der Waals surface area contributed by atoms with Crippen molar-refractivity contribution in [2.75, 3.05) is 39.3 Å². The second-order valence-corrected chi connectivity index (χ2v) is 7.58. The maximum atomic E-state index is 12.8. The Kier molecular flexibility index (Phi) is 7.84. The van der Waals surface area contributed by atoms with E-state index in [4.69, 9.17) is 23.2 Å². The standard InChI is InChI=1S/C18H25Cl2N3O.ClH/c19-15-4-3-14(13-16(15)20)18(5-1-6-18)17(24)22-7-2-10-23-11-8-21-9-12-23;/h3-4,13,21H,1-2,5-12H2,(H,22,24);1H. The first kappa shape index (κ1) is 20.8. The lowest BCUT2D eigenvalue weighted by Crippen LogP contribution is -2.50. The van der Waals surface area contributed by atoms with Gasteiger partial charge in [-0.3, -0.25) is 4.79 Å². The van der Waals surface area contributed by atoms with Gasteiger partial charge in [-0.15, -0.1) is 12.4 Å². The molecule has 1 aliphatic carbocycles. The largest absolute Gasteiger partial charge is 0.355 e. The third kappa shape index (κ3) is 4.81. The van der Waals surface area contributed by atoms with Crippen molar-refractivity contribution in [1.29, 1.82) is 0 Å². The topological polar surface area (TPSA) is 44.4 Å². The summed E-state index contributed by atoms with van der Waals surface area (Å²) in [4.78, 5) is 15.2. The van der Waals surface area contributed by atoms with Crippen LogP contribution in [0.4, 0.5) is 0 Å². The summed E-state index contributed by atoms with van der Waals surface area (Å²) < 4.78 is 0. The van der Waals surface area contributed by atoms with Gasteiger partial charge in [-0.2, -0.15) is 0 Å². The highest BCUT2D eigenvalue weighted by Crippen LogP contribution is 2.45. The lowest BCUT2D eigenvalue weighted by molar-refractivity contribution is -0.129. The number of benzene rings is 1. The first-order valence-corrected chi connectivity index (χ1v) is 9.54. The molecular formula is C18H26Cl3N3O. The van der Waals surface area contributed by atoms with Gasteiger partial charge in [0.1, 0.15) is 0 Å². The Labute approximate surface area is 166 Å². The van der Waals surface area contributed by atoms with Crippen molar-refractivity contribution in [3.8, 4) is 0 Å². The number of nitrogens with zero attached hydrogens (tertiary/aromatic N) is 1. The molecule has 1 aromatic carbocycles. The SMILES string of the molecule is Cl.O=C(NCCCN1CCNCC1)C1(c2ccc(Cl)c(Cl)c2)CCC1. The van der Waals surface area contributed by atoms with E-state index in [0.29, 0.717) is 10.0 Å². The highest BCUT2D eigenvalue weighted by Gasteiger charge is 2.45. The quantitative estimate of drug-likeness (QED) is 0.713. The van der Waals surface area contributed by atoms with E-state index in [1.54, 1.807) is 6.07 Å². The number of hydrogen-bond acceptors (Lipinski definition) is 3. The zero-order valence-corrected chi connectivity index (χ0v) is 16.7. The Hall–Kier alpha value is -0.520. The predicted octanol–water partition coefficient (Wildman–Crippen LogP) is 3.25. The van der Waals surface area contributed by atoms with E-state index in [1.807, 2.05) is 12.1 Å². The molecule has 1 aromatic rings. The van der Waals surface area contributed by atoms with Crippen LogP contribution < -0.4 is 10.6 Å². The average molecular weight is 407 g/mol. The normalized spacial score (nSPS) is 19.6. The summed E-state index contributed by atoms with van der Waals surface area (Å²) in [5, 5.41) is 7.55. The summed E-state index contributed by atoms with van der Waals surface area (Å²) in [5.41, 5.74) is 0.575. The molecule has 25 heavy (non-hydrogen) atoms. The Morgan fingerprint density at radius 1 is 1.20 bits per heavy atom. The van der Waals surface area contributed by atoms with Gasteiger partial charge in [0.2, 0.25) is 5.91 Å². The van der Waals surface area contributed by atoms with Gasteiger partial charge in [-0.25, -0.2) is 0 Å². The highest BCUT2D eigenvalue weighted by atomic mass is 35.5. The van der Waals surface area contributed by atoms with Crippen molar-refractivity contribution in [1.82, 2.24) is 15.5 Å². The molecule has 0 spiro atoms. The number of carbonyl (C=O) groups is 1. The summed E-state index contributed by atoms with van der Waals surface area (Å²) in [6, 6.07) is 5.58. The fraction of sp³-hybridized carbons (Fsp3) is 0.611. The first-order chi connectivity index (χ1) is 11.6. The van der Waals surface area contributed by atoms with Gasteiger partial charge >= 0.3 is 0 Å². The van der Waals surface area contributed by atoms with Crippen LogP contribution in [-0.2, 0) is 10.2 Å². The van der Waals surface area contributed by atoms with Gasteiger partial charge in [0, 0.05) is 32.7 Å². The molecule has 140 valence electrons. The molecule has 2 aliphatic rings. The molecule has 0 radical (unpaired) electrons. The summed E-state index contributed by atoms with van der Waals surface area (Å²) >= 11 is 12.2. The van der Waals surface area contributed by atoms with Gasteiger partial charge in [-0.05, 0) is 43.5 Å². The molecule has 1 saturated carbocycles. The second kappa shape index (κ2) is 9.43. The predicted molar refractivity (Wildman–Crippen MR) is 106 cm³/mol. The number of carbonyl (C=O) groups excluding carboxylic acids is 1. The van der Waals surface area contributed by atoms with Gasteiger partial charge in [0.25, 0.3) is 0 Å². The molecule has 0 unspecified atom stereocenters. The molecule has 1 saturated heterocycles. The zero-order valence-electron chi connectivity index (χ0n) is 14.3. The monoisotopic (exact) mass is 405 g/mol. The molecule has 1 heterocycles. The average Bonchev–Trinajstić information content (AvgIpc) is 2.55. The summed E-state index contributed by atoms with van der Waals surface area (Å²) in [6.45, 7) is 6.09. The van der Waals surface area contributed by atoms with Crippen LogP contribution in [0.2, 0.25) is 10.0 Å². The maximum absolute atomic E-state index is 12.8. The number of hydrogen-bond donors (Lipinski definition) is 2. The number of nitrogens with one attached hydrogen (secondary N) is 2. The van der Waals surface area contributed by atoms with Gasteiger partial charge in [0.05, 0.1) is 15.5 Å². The Morgan fingerprint density at radius 3 is 2.52 bits per heavy atom. The Bertz CT molecular complexity index is 587. The summed E-state index contributed by atoms with van der Waals surface area (Å²) in [7, 11) is 0. The van der Waals surface area contributed by atoms with Gasteiger partial charge in [-0.1, -0.05) is 35.7 Å². The molecule has 4 nitrogen and oxygen atoms in total. The van der Waals surface area contributed by atoms with Crippen LogP contribution >= 0.6 is 35.6 Å². The number of halogens is 3. The molecule has 1 aliphatic heterocycles. The van der Waals surface area contributed by atoms with Crippen molar-refractivity contribution < 1.29 is 4.79 Å². The maximum Gasteiger partial charge on any atom is 0.230 e. The van der Waals surface area contributed by atoms with Crippen molar-refractivity contribution in [2.45, 2.75) is 31.1 Å². The lowest BCUT2D eigenvalue weighted by Gasteiger charge is -2.41. The van der Waals surface area contributed by atoms with E-state index >= 15 is 0 Å². The van der Waals surface area contributed by atoms with Crippen LogP contribution in [0.3, 0.4) is 0 Å². The minimum Gasteiger partial charge on any atom is -0.355 e. The van der Waals surface area contributed by atoms with E-state index in [-0.39, 0.29) is 18.3 Å². The molecule has 2 fully saturated rings.